The summed E-state index contributed by atoms with van der Waals surface area (Å²) in [6.45, 7) is 3.10. The number of likely N-dealkylation sites (N-methyl/N-ethyl adjacent to an activating group) is 1. The average Bonchev–Trinajstić information content (AvgIpc) is 2.91. The van der Waals surface area contributed by atoms with Crippen LogP contribution in [-0.2, 0) is 29.3 Å². The van der Waals surface area contributed by atoms with Gasteiger partial charge in [-0.05, 0) is 45.1 Å². The summed E-state index contributed by atoms with van der Waals surface area (Å²) in [5.74, 6) is -1.86. The zero-order chi connectivity index (χ0) is 31.6. The molecule has 3 atom stereocenters. The lowest BCUT2D eigenvalue weighted by atomic mass is 10.0. The van der Waals surface area contributed by atoms with Crippen LogP contribution in [0.15, 0.2) is 0 Å². The van der Waals surface area contributed by atoms with Gasteiger partial charge in [-0.2, -0.15) is 8.42 Å². The lowest BCUT2D eigenvalue weighted by molar-refractivity contribution is -0.142. The molecule has 13 heteroatoms. The maximum Gasteiger partial charge on any atom is 0.326 e. The molecule has 0 heterocycles. The van der Waals surface area contributed by atoms with Crippen molar-refractivity contribution >= 4 is 42.7 Å². The molecule has 0 aromatic heterocycles. The maximum absolute atomic E-state index is 12.2. The molecule has 42 heavy (non-hydrogen) atoms. The van der Waals surface area contributed by atoms with E-state index in [1.807, 2.05) is 6.92 Å². The van der Waals surface area contributed by atoms with E-state index in [0.29, 0.717) is 32.4 Å². The molecular weight excluding hydrogens is 581 g/mol. The first-order valence-electron chi connectivity index (χ1n) is 15.7. The van der Waals surface area contributed by atoms with Crippen LogP contribution in [0.1, 0.15) is 129 Å². The number of nitrogens with one attached hydrogen (secondary N) is 3. The number of amides is 2. The summed E-state index contributed by atoms with van der Waals surface area (Å²) >= 11 is 0. The van der Waals surface area contributed by atoms with Gasteiger partial charge in [-0.3, -0.25) is 18.9 Å². The summed E-state index contributed by atoms with van der Waals surface area (Å²) in [6.07, 6.45) is 15.5. The van der Waals surface area contributed by atoms with E-state index in [4.69, 9.17) is 4.55 Å². The Hall–Kier alpha value is -1.62. The fourth-order valence-electron chi connectivity index (χ4n) is 4.69. The number of carboxylic acids is 1. The molecule has 0 saturated heterocycles. The summed E-state index contributed by atoms with van der Waals surface area (Å²) in [6, 6.07) is -1.29. The van der Waals surface area contributed by atoms with Gasteiger partial charge in [0.15, 0.2) is 5.52 Å². The predicted octanol–water partition coefficient (Wildman–Crippen LogP) is 4.35. The van der Waals surface area contributed by atoms with Crippen LogP contribution in [0.5, 0.6) is 0 Å². The SMILES string of the molecule is CCN[C@@H](CCCCNC(=O)CC[C@H](NC(=O)CCCCCCCCCCCCCCCS(=O)(=O)O)C(=O)O)C(=O)P. The van der Waals surface area contributed by atoms with Gasteiger partial charge in [-0.25, -0.2) is 4.79 Å². The second-order valence-electron chi connectivity index (χ2n) is 11.0. The Labute approximate surface area is 255 Å². The summed E-state index contributed by atoms with van der Waals surface area (Å²) in [7, 11) is -1.64. The Morgan fingerprint density at radius 3 is 1.69 bits per heavy atom. The van der Waals surface area contributed by atoms with Crippen LogP contribution in [0.3, 0.4) is 0 Å². The molecule has 0 aromatic carbocycles. The topological polar surface area (TPSA) is 179 Å². The molecule has 0 radical (unpaired) electrons. The zero-order valence-electron chi connectivity index (χ0n) is 25.5. The highest BCUT2D eigenvalue weighted by Gasteiger charge is 2.21. The molecule has 0 fully saturated rings. The lowest BCUT2D eigenvalue weighted by Crippen LogP contribution is -2.41. The molecule has 5 N–H and O–H groups in total. The van der Waals surface area contributed by atoms with Crippen LogP contribution < -0.4 is 16.0 Å². The third-order valence-electron chi connectivity index (χ3n) is 7.14. The predicted molar refractivity (Wildman–Crippen MR) is 169 cm³/mol. The quantitative estimate of drug-likeness (QED) is 0.0453. The van der Waals surface area contributed by atoms with E-state index in [1.54, 1.807) is 0 Å². The average molecular weight is 638 g/mol. The van der Waals surface area contributed by atoms with Crippen molar-refractivity contribution in [3.8, 4) is 0 Å². The van der Waals surface area contributed by atoms with Crippen molar-refractivity contribution < 1.29 is 37.3 Å². The van der Waals surface area contributed by atoms with Gasteiger partial charge in [0.1, 0.15) is 6.04 Å². The van der Waals surface area contributed by atoms with Crippen molar-refractivity contribution in [1.29, 1.82) is 0 Å². The smallest absolute Gasteiger partial charge is 0.326 e. The summed E-state index contributed by atoms with van der Waals surface area (Å²) in [4.78, 5) is 47.4. The third kappa shape index (κ3) is 26.0. The fraction of sp³-hybridized carbons (Fsp3) is 0.862. The minimum atomic E-state index is -3.83. The molecule has 0 rings (SSSR count). The molecule has 0 aromatic rings. The first kappa shape index (κ1) is 40.4. The highest BCUT2D eigenvalue weighted by Crippen LogP contribution is 2.13. The molecule has 0 aliphatic heterocycles. The maximum atomic E-state index is 12.2. The van der Waals surface area contributed by atoms with Crippen LogP contribution >= 0.6 is 9.24 Å². The van der Waals surface area contributed by atoms with Gasteiger partial charge >= 0.3 is 5.97 Å². The molecule has 2 amide bonds. The van der Waals surface area contributed by atoms with E-state index < -0.39 is 22.1 Å². The number of carboxylic acid groups (broad SMARTS) is 1. The Bertz CT molecular complexity index is 873. The van der Waals surface area contributed by atoms with E-state index in [-0.39, 0.29) is 48.4 Å². The molecule has 0 spiro atoms. The van der Waals surface area contributed by atoms with E-state index in [9.17, 15) is 32.7 Å². The van der Waals surface area contributed by atoms with Gasteiger partial charge in [0.05, 0.1) is 11.8 Å². The Balaban J connectivity index is 3.79. The van der Waals surface area contributed by atoms with Gasteiger partial charge in [-0.1, -0.05) is 86.8 Å². The summed E-state index contributed by atoms with van der Waals surface area (Å²) in [5.41, 5.74) is 0.0189. The molecule has 1 unspecified atom stereocenters. The number of carbonyl (C=O) groups is 4. The van der Waals surface area contributed by atoms with Crippen LogP contribution in [0.2, 0.25) is 0 Å². The van der Waals surface area contributed by atoms with Crippen LogP contribution in [0, 0.1) is 0 Å². The van der Waals surface area contributed by atoms with Gasteiger partial charge in [0, 0.05) is 19.4 Å². The van der Waals surface area contributed by atoms with E-state index in [1.165, 1.54) is 19.3 Å². The third-order valence-corrected chi connectivity index (χ3v) is 8.34. The normalized spacial score (nSPS) is 12.9. The van der Waals surface area contributed by atoms with Crippen LogP contribution in [0.25, 0.3) is 0 Å². The van der Waals surface area contributed by atoms with Gasteiger partial charge in [-0.15, -0.1) is 0 Å². The van der Waals surface area contributed by atoms with Crippen molar-refractivity contribution in [3.05, 3.63) is 0 Å². The number of hydrogen-bond acceptors (Lipinski definition) is 7. The lowest BCUT2D eigenvalue weighted by Gasteiger charge is -2.15. The minimum Gasteiger partial charge on any atom is -0.480 e. The first-order valence-corrected chi connectivity index (χ1v) is 17.9. The Kier molecular flexibility index (Phi) is 24.8. The molecular formula is C29H56N3O8PS. The van der Waals surface area contributed by atoms with E-state index in [0.717, 1.165) is 64.2 Å². The largest absolute Gasteiger partial charge is 0.480 e. The zero-order valence-corrected chi connectivity index (χ0v) is 27.5. The van der Waals surface area contributed by atoms with Crippen molar-refractivity contribution in [2.75, 3.05) is 18.8 Å². The van der Waals surface area contributed by atoms with Gasteiger partial charge < -0.3 is 21.1 Å². The fourth-order valence-corrected chi connectivity index (χ4v) is 5.55. The second-order valence-corrected chi connectivity index (χ2v) is 13.1. The summed E-state index contributed by atoms with van der Waals surface area (Å²) in [5, 5.41) is 17.9. The van der Waals surface area contributed by atoms with E-state index >= 15 is 0 Å². The molecule has 0 bridgehead atoms. The summed E-state index contributed by atoms with van der Waals surface area (Å²) < 4.78 is 30.0. The molecule has 11 nitrogen and oxygen atoms in total. The highest BCUT2D eigenvalue weighted by molar-refractivity contribution is 7.85. The monoisotopic (exact) mass is 637 g/mol. The first-order chi connectivity index (χ1) is 20.0. The van der Waals surface area contributed by atoms with E-state index in [2.05, 4.69) is 25.2 Å². The van der Waals surface area contributed by atoms with Crippen molar-refractivity contribution in [2.24, 2.45) is 0 Å². The minimum absolute atomic E-state index is 0.0123. The Morgan fingerprint density at radius 1 is 0.690 bits per heavy atom. The highest BCUT2D eigenvalue weighted by atomic mass is 32.2. The molecule has 0 aliphatic rings. The van der Waals surface area contributed by atoms with Crippen molar-refractivity contribution in [1.82, 2.24) is 16.0 Å². The number of hydrogen-bond donors (Lipinski definition) is 5. The molecule has 0 saturated carbocycles. The number of carbonyl (C=O) groups excluding carboxylic acids is 3. The van der Waals surface area contributed by atoms with Crippen LogP contribution in [0.4, 0.5) is 0 Å². The molecule has 0 aliphatic carbocycles. The second kappa shape index (κ2) is 25.8. The number of aliphatic carboxylic acids is 1. The standard InChI is InChI=1S/C29H56N3O8PS/c1-2-30-25(29(37)41)18-15-16-22-31-26(33)21-20-24(28(35)36)32-27(34)19-14-12-10-8-6-4-3-5-7-9-11-13-17-23-42(38,39)40/h24-25,30H,2-23,41H2,1H3,(H,31,33)(H,32,34)(H,35,36)(H,38,39,40)/t24-,25-/m0/s1. The number of unbranched alkanes of at least 4 members (excludes halogenated alkanes) is 13. The van der Waals surface area contributed by atoms with Crippen molar-refractivity contribution in [3.63, 3.8) is 0 Å². The van der Waals surface area contributed by atoms with Gasteiger partial charge in [0.2, 0.25) is 11.8 Å². The van der Waals surface area contributed by atoms with Crippen molar-refractivity contribution in [2.45, 2.75) is 141 Å². The molecule has 246 valence electrons. The van der Waals surface area contributed by atoms with Crippen LogP contribution in [-0.4, -0.2) is 72.3 Å². The Morgan fingerprint density at radius 2 is 1.21 bits per heavy atom. The number of rotatable bonds is 29. The van der Waals surface area contributed by atoms with Gasteiger partial charge in [0.25, 0.3) is 10.1 Å².